The molecule has 1 aromatic rings. The van der Waals surface area contributed by atoms with Crippen molar-refractivity contribution in [3.05, 3.63) is 29.8 Å². The highest BCUT2D eigenvalue weighted by atomic mass is 19.1. The van der Waals surface area contributed by atoms with Crippen LogP contribution >= 0.6 is 0 Å². The molecular weight excluding hydrogens is 261 g/mol. The van der Waals surface area contributed by atoms with Crippen LogP contribution in [-0.2, 0) is 9.53 Å². The van der Waals surface area contributed by atoms with Gasteiger partial charge in [-0.05, 0) is 12.5 Å². The number of halogens is 1. The third kappa shape index (κ3) is 4.54. The predicted octanol–water partition coefficient (Wildman–Crippen LogP) is 3.33. The molecule has 0 aliphatic heterocycles. The molecule has 0 heterocycles. The summed E-state index contributed by atoms with van der Waals surface area (Å²) < 4.78 is 23.0. The number of nitrogens with zero attached hydrogens (tertiary/aromatic N) is 1. The van der Waals surface area contributed by atoms with Gasteiger partial charge in [0, 0.05) is 12.0 Å². The van der Waals surface area contributed by atoms with Crippen LogP contribution in [0.15, 0.2) is 24.3 Å². The SMILES string of the molecule is CCCC(F)OC(=O)CC(C#N)c1ccccc1OC. The van der Waals surface area contributed by atoms with Gasteiger partial charge >= 0.3 is 5.97 Å². The Kier molecular flexibility index (Phi) is 6.51. The molecule has 0 radical (unpaired) electrons. The predicted molar refractivity (Wildman–Crippen MR) is 71.9 cm³/mol. The van der Waals surface area contributed by atoms with Gasteiger partial charge in [0.05, 0.1) is 25.5 Å². The fourth-order valence-corrected chi connectivity index (χ4v) is 1.82. The summed E-state index contributed by atoms with van der Waals surface area (Å²) in [6.45, 7) is 1.80. The molecule has 20 heavy (non-hydrogen) atoms. The van der Waals surface area contributed by atoms with Crippen molar-refractivity contribution in [3.63, 3.8) is 0 Å². The van der Waals surface area contributed by atoms with Gasteiger partial charge in [-0.1, -0.05) is 25.1 Å². The second-order valence-corrected chi connectivity index (χ2v) is 4.32. The van der Waals surface area contributed by atoms with Gasteiger partial charge in [-0.15, -0.1) is 0 Å². The summed E-state index contributed by atoms with van der Waals surface area (Å²) in [6, 6.07) is 8.97. The summed E-state index contributed by atoms with van der Waals surface area (Å²) >= 11 is 0. The van der Waals surface area contributed by atoms with Crippen molar-refractivity contribution in [2.75, 3.05) is 7.11 Å². The molecule has 5 heteroatoms. The first kappa shape index (κ1) is 16.0. The van der Waals surface area contributed by atoms with Crippen molar-refractivity contribution in [2.24, 2.45) is 0 Å². The molecule has 0 aromatic heterocycles. The molecule has 1 aromatic carbocycles. The van der Waals surface area contributed by atoms with E-state index >= 15 is 0 Å². The van der Waals surface area contributed by atoms with E-state index in [4.69, 9.17) is 4.74 Å². The summed E-state index contributed by atoms with van der Waals surface area (Å²) in [5, 5.41) is 9.18. The highest BCUT2D eigenvalue weighted by molar-refractivity contribution is 5.71. The van der Waals surface area contributed by atoms with Crippen molar-refractivity contribution in [1.29, 1.82) is 5.26 Å². The van der Waals surface area contributed by atoms with E-state index in [0.717, 1.165) is 0 Å². The van der Waals surface area contributed by atoms with Gasteiger partial charge in [0.15, 0.2) is 0 Å². The molecule has 0 saturated carbocycles. The number of rotatable bonds is 7. The molecule has 0 aliphatic carbocycles. The third-order valence-corrected chi connectivity index (χ3v) is 2.82. The fraction of sp³-hybridized carbons (Fsp3) is 0.467. The number of alkyl halides is 1. The number of para-hydroxylation sites is 1. The van der Waals surface area contributed by atoms with Crippen molar-refractivity contribution in [3.8, 4) is 11.8 Å². The quantitative estimate of drug-likeness (QED) is 0.718. The Labute approximate surface area is 118 Å². The fourth-order valence-electron chi connectivity index (χ4n) is 1.82. The molecule has 2 unspecified atom stereocenters. The zero-order chi connectivity index (χ0) is 15.0. The lowest BCUT2D eigenvalue weighted by atomic mass is 9.96. The van der Waals surface area contributed by atoms with E-state index < -0.39 is 18.2 Å². The number of carbonyl (C=O) groups excluding carboxylic acids is 1. The molecule has 0 fully saturated rings. The number of nitriles is 1. The van der Waals surface area contributed by atoms with Crippen LogP contribution in [-0.4, -0.2) is 19.4 Å². The van der Waals surface area contributed by atoms with E-state index in [9.17, 15) is 14.4 Å². The first-order valence-electron chi connectivity index (χ1n) is 6.48. The van der Waals surface area contributed by atoms with Crippen molar-refractivity contribution >= 4 is 5.97 Å². The molecular formula is C15H18FNO3. The minimum atomic E-state index is -1.61. The molecule has 0 amide bonds. The molecule has 2 atom stereocenters. The Morgan fingerprint density at radius 1 is 1.45 bits per heavy atom. The largest absolute Gasteiger partial charge is 0.496 e. The van der Waals surface area contributed by atoms with Gasteiger partial charge in [0.1, 0.15) is 5.75 Å². The number of ether oxygens (including phenoxy) is 2. The maximum Gasteiger partial charge on any atom is 0.309 e. The normalized spacial score (nSPS) is 13.1. The highest BCUT2D eigenvalue weighted by Crippen LogP contribution is 2.28. The second kappa shape index (κ2) is 8.16. The van der Waals surface area contributed by atoms with Gasteiger partial charge in [0.25, 0.3) is 0 Å². The van der Waals surface area contributed by atoms with Crippen molar-refractivity contribution in [2.45, 2.75) is 38.5 Å². The lowest BCUT2D eigenvalue weighted by molar-refractivity contribution is -0.158. The number of hydrogen-bond acceptors (Lipinski definition) is 4. The molecule has 0 bridgehead atoms. The average molecular weight is 279 g/mol. The van der Waals surface area contributed by atoms with Gasteiger partial charge in [0.2, 0.25) is 6.36 Å². The molecule has 0 N–H and O–H groups in total. The molecule has 4 nitrogen and oxygen atoms in total. The molecule has 0 spiro atoms. The van der Waals surface area contributed by atoms with Crippen LogP contribution in [0, 0.1) is 11.3 Å². The van der Waals surface area contributed by atoms with Crippen LogP contribution in [0.5, 0.6) is 5.75 Å². The number of hydrogen-bond donors (Lipinski definition) is 0. The summed E-state index contributed by atoms with van der Waals surface area (Å²) in [5.41, 5.74) is 0.598. The molecule has 0 saturated heterocycles. The number of carbonyl (C=O) groups is 1. The molecule has 108 valence electrons. The van der Waals surface area contributed by atoms with E-state index in [1.165, 1.54) is 7.11 Å². The van der Waals surface area contributed by atoms with E-state index in [0.29, 0.717) is 17.7 Å². The smallest absolute Gasteiger partial charge is 0.309 e. The van der Waals surface area contributed by atoms with Crippen LogP contribution < -0.4 is 4.74 Å². The maximum atomic E-state index is 13.2. The van der Waals surface area contributed by atoms with Crippen molar-refractivity contribution < 1.29 is 18.7 Å². The lowest BCUT2D eigenvalue weighted by Gasteiger charge is -2.14. The lowest BCUT2D eigenvalue weighted by Crippen LogP contribution is -2.16. The Balaban J connectivity index is 2.73. The zero-order valence-corrected chi connectivity index (χ0v) is 11.6. The van der Waals surface area contributed by atoms with Crippen LogP contribution in [0.3, 0.4) is 0 Å². The van der Waals surface area contributed by atoms with Crippen LogP contribution in [0.25, 0.3) is 0 Å². The summed E-state index contributed by atoms with van der Waals surface area (Å²) in [6.07, 6.45) is -1.05. The summed E-state index contributed by atoms with van der Waals surface area (Å²) in [7, 11) is 1.49. The Hall–Kier alpha value is -2.09. The van der Waals surface area contributed by atoms with Gasteiger partial charge in [-0.2, -0.15) is 5.26 Å². The van der Waals surface area contributed by atoms with Crippen LogP contribution in [0.4, 0.5) is 4.39 Å². The Morgan fingerprint density at radius 3 is 2.75 bits per heavy atom. The minimum Gasteiger partial charge on any atom is -0.496 e. The first-order chi connectivity index (χ1) is 9.62. The van der Waals surface area contributed by atoms with E-state index in [2.05, 4.69) is 4.74 Å². The zero-order valence-electron chi connectivity index (χ0n) is 11.6. The highest BCUT2D eigenvalue weighted by Gasteiger charge is 2.21. The van der Waals surface area contributed by atoms with E-state index in [-0.39, 0.29) is 12.8 Å². The summed E-state index contributed by atoms with van der Waals surface area (Å²) in [4.78, 5) is 11.6. The van der Waals surface area contributed by atoms with Gasteiger partial charge in [-0.25, -0.2) is 4.39 Å². The van der Waals surface area contributed by atoms with Crippen LogP contribution in [0.2, 0.25) is 0 Å². The number of methoxy groups -OCH3 is 1. The molecule has 0 aliphatic rings. The van der Waals surface area contributed by atoms with Gasteiger partial charge < -0.3 is 9.47 Å². The molecule has 1 rings (SSSR count). The average Bonchev–Trinajstić information content (AvgIpc) is 2.45. The first-order valence-corrected chi connectivity index (χ1v) is 6.48. The third-order valence-electron chi connectivity index (χ3n) is 2.82. The number of benzene rings is 1. The Bertz CT molecular complexity index is 484. The van der Waals surface area contributed by atoms with Gasteiger partial charge in [-0.3, -0.25) is 4.79 Å². The minimum absolute atomic E-state index is 0.164. The van der Waals surface area contributed by atoms with Crippen LogP contribution in [0.1, 0.15) is 37.7 Å². The van der Waals surface area contributed by atoms with E-state index in [1.54, 1.807) is 31.2 Å². The Morgan fingerprint density at radius 2 is 2.15 bits per heavy atom. The second-order valence-electron chi connectivity index (χ2n) is 4.32. The van der Waals surface area contributed by atoms with Crippen molar-refractivity contribution in [1.82, 2.24) is 0 Å². The standard InChI is InChI=1S/C15H18FNO3/c1-3-6-14(16)20-15(18)9-11(10-17)12-7-4-5-8-13(12)19-2/h4-5,7-8,11,14H,3,6,9H2,1-2H3. The topological polar surface area (TPSA) is 59.3 Å². The number of esters is 1. The van der Waals surface area contributed by atoms with E-state index in [1.807, 2.05) is 6.07 Å². The maximum absolute atomic E-state index is 13.2. The summed E-state index contributed by atoms with van der Waals surface area (Å²) in [5.74, 6) is -0.909. The monoisotopic (exact) mass is 279 g/mol.